The summed E-state index contributed by atoms with van der Waals surface area (Å²) in [4.78, 5) is 24.9. The number of amides is 2. The van der Waals surface area contributed by atoms with Crippen molar-refractivity contribution in [3.63, 3.8) is 0 Å². The fraction of sp³-hybridized carbons (Fsp3) is 0.222. The van der Waals surface area contributed by atoms with Gasteiger partial charge in [0.15, 0.2) is 0 Å². The molecule has 0 aromatic heterocycles. The summed E-state index contributed by atoms with van der Waals surface area (Å²) >= 11 is 6.02. The average molecular weight is 410 g/mol. The van der Waals surface area contributed by atoms with E-state index in [1.807, 2.05) is 6.07 Å². The Bertz CT molecular complexity index is 931. The van der Waals surface area contributed by atoms with Crippen molar-refractivity contribution < 1.29 is 18.0 Å². The third-order valence-corrected chi connectivity index (χ3v) is 5.57. The van der Waals surface area contributed by atoms with E-state index in [9.17, 15) is 18.0 Å². The molecule has 144 valence electrons. The van der Waals surface area contributed by atoms with Crippen LogP contribution < -0.4 is 10.0 Å². The summed E-state index contributed by atoms with van der Waals surface area (Å²) < 4.78 is 27.6. The van der Waals surface area contributed by atoms with Gasteiger partial charge in [0.2, 0.25) is 15.9 Å². The highest BCUT2D eigenvalue weighted by Crippen LogP contribution is 2.23. The van der Waals surface area contributed by atoms with Crippen molar-refractivity contribution in [1.82, 2.24) is 14.9 Å². The van der Waals surface area contributed by atoms with Crippen molar-refractivity contribution in [3.8, 4) is 0 Å². The first-order valence-corrected chi connectivity index (χ1v) is 9.88. The monoisotopic (exact) mass is 409 g/mol. The van der Waals surface area contributed by atoms with E-state index in [1.165, 1.54) is 23.1 Å². The van der Waals surface area contributed by atoms with Crippen LogP contribution in [0, 0.1) is 0 Å². The van der Waals surface area contributed by atoms with Crippen molar-refractivity contribution in [2.75, 3.05) is 20.6 Å². The lowest BCUT2D eigenvalue weighted by Crippen LogP contribution is -2.36. The van der Waals surface area contributed by atoms with Crippen LogP contribution in [0.1, 0.15) is 15.9 Å². The van der Waals surface area contributed by atoms with Gasteiger partial charge < -0.3 is 10.2 Å². The number of hydrogen-bond acceptors (Lipinski definition) is 4. The zero-order chi connectivity index (χ0) is 20.0. The topological polar surface area (TPSA) is 95.6 Å². The number of sulfonamides is 1. The predicted octanol–water partition coefficient (Wildman–Crippen LogP) is 1.64. The molecule has 0 heterocycles. The van der Waals surface area contributed by atoms with Gasteiger partial charge in [0.25, 0.3) is 5.91 Å². The van der Waals surface area contributed by atoms with Crippen LogP contribution in [0.2, 0.25) is 5.02 Å². The maximum absolute atomic E-state index is 12.6. The first kappa shape index (κ1) is 20.9. The third-order valence-electron chi connectivity index (χ3n) is 3.69. The normalized spacial score (nSPS) is 11.1. The second kappa shape index (κ2) is 8.98. The molecule has 7 nitrogen and oxygen atoms in total. The smallest absolute Gasteiger partial charge is 0.251 e. The molecule has 9 heteroatoms. The molecule has 27 heavy (non-hydrogen) atoms. The molecule has 0 saturated heterocycles. The zero-order valence-corrected chi connectivity index (χ0v) is 16.5. The Morgan fingerprint density at radius 2 is 1.74 bits per heavy atom. The fourth-order valence-electron chi connectivity index (χ4n) is 2.12. The van der Waals surface area contributed by atoms with Crippen LogP contribution in [-0.4, -0.2) is 45.8 Å². The molecule has 0 radical (unpaired) electrons. The summed E-state index contributed by atoms with van der Waals surface area (Å²) in [6.07, 6.45) is 0. The van der Waals surface area contributed by atoms with Gasteiger partial charge in [-0.25, -0.2) is 13.1 Å². The van der Waals surface area contributed by atoms with Crippen molar-refractivity contribution in [1.29, 1.82) is 0 Å². The van der Waals surface area contributed by atoms with E-state index in [-0.39, 0.29) is 34.5 Å². The van der Waals surface area contributed by atoms with Crippen molar-refractivity contribution in [2.24, 2.45) is 0 Å². The van der Waals surface area contributed by atoms with Gasteiger partial charge >= 0.3 is 0 Å². The molecule has 0 fully saturated rings. The summed E-state index contributed by atoms with van der Waals surface area (Å²) in [6, 6.07) is 12.9. The second-order valence-corrected chi connectivity index (χ2v) is 8.07. The molecule has 0 atom stereocenters. The van der Waals surface area contributed by atoms with Crippen molar-refractivity contribution in [3.05, 3.63) is 64.7 Å². The standard InChI is InChI=1S/C18H20ClN3O4S/c1-22(2)17(23)12-20-18(24)14-8-9-15(19)16(10-14)27(25,26)21-11-13-6-4-3-5-7-13/h3-10,21H,11-12H2,1-2H3,(H,20,24). The molecule has 0 aliphatic carbocycles. The van der Waals surface area contributed by atoms with E-state index < -0.39 is 15.9 Å². The van der Waals surface area contributed by atoms with Crippen molar-refractivity contribution >= 4 is 33.4 Å². The first-order valence-electron chi connectivity index (χ1n) is 8.02. The maximum Gasteiger partial charge on any atom is 0.251 e. The van der Waals surface area contributed by atoms with Gasteiger partial charge in [-0.1, -0.05) is 41.9 Å². The molecular weight excluding hydrogens is 390 g/mol. The Morgan fingerprint density at radius 1 is 1.07 bits per heavy atom. The molecular formula is C18H20ClN3O4S. The minimum absolute atomic E-state index is 0.00326. The minimum Gasteiger partial charge on any atom is -0.347 e. The van der Waals surface area contributed by atoms with Gasteiger partial charge in [0.1, 0.15) is 4.90 Å². The molecule has 0 saturated carbocycles. The van der Waals surface area contributed by atoms with Gasteiger partial charge in [0, 0.05) is 26.2 Å². The summed E-state index contributed by atoms with van der Waals surface area (Å²) in [5, 5.41) is 2.44. The summed E-state index contributed by atoms with van der Waals surface area (Å²) in [5.41, 5.74) is 0.874. The molecule has 0 bridgehead atoms. The number of halogens is 1. The van der Waals surface area contributed by atoms with Gasteiger partial charge in [-0.05, 0) is 23.8 Å². The van der Waals surface area contributed by atoms with Crippen LogP contribution >= 0.6 is 11.6 Å². The van der Waals surface area contributed by atoms with Crippen LogP contribution in [0.3, 0.4) is 0 Å². The number of nitrogens with zero attached hydrogens (tertiary/aromatic N) is 1. The molecule has 2 aromatic carbocycles. The van der Waals surface area contributed by atoms with E-state index in [1.54, 1.807) is 38.4 Å². The molecule has 0 aliphatic rings. The van der Waals surface area contributed by atoms with Crippen molar-refractivity contribution in [2.45, 2.75) is 11.4 Å². The van der Waals surface area contributed by atoms with E-state index in [0.29, 0.717) is 0 Å². The van der Waals surface area contributed by atoms with Crippen LogP contribution in [-0.2, 0) is 21.4 Å². The number of carbonyl (C=O) groups excluding carboxylic acids is 2. The fourth-order valence-corrected chi connectivity index (χ4v) is 3.66. The Balaban J connectivity index is 2.15. The Hall–Kier alpha value is -2.42. The molecule has 0 unspecified atom stereocenters. The average Bonchev–Trinajstić information content (AvgIpc) is 2.65. The predicted molar refractivity (Wildman–Crippen MR) is 103 cm³/mol. The van der Waals surface area contributed by atoms with Gasteiger partial charge in [0.05, 0.1) is 11.6 Å². The SMILES string of the molecule is CN(C)C(=O)CNC(=O)c1ccc(Cl)c(S(=O)(=O)NCc2ccccc2)c1. The number of carbonyl (C=O) groups is 2. The largest absolute Gasteiger partial charge is 0.347 e. The van der Waals surface area contributed by atoms with Gasteiger partial charge in [-0.15, -0.1) is 0 Å². The molecule has 2 rings (SSSR count). The highest BCUT2D eigenvalue weighted by molar-refractivity contribution is 7.89. The highest BCUT2D eigenvalue weighted by atomic mass is 35.5. The van der Waals surface area contributed by atoms with Gasteiger partial charge in [-0.3, -0.25) is 9.59 Å². The lowest BCUT2D eigenvalue weighted by Gasteiger charge is -2.12. The molecule has 0 aliphatic heterocycles. The quantitative estimate of drug-likeness (QED) is 0.726. The lowest BCUT2D eigenvalue weighted by molar-refractivity contribution is -0.127. The summed E-state index contributed by atoms with van der Waals surface area (Å²) in [5.74, 6) is -0.851. The van der Waals surface area contributed by atoms with E-state index in [0.717, 1.165) is 5.56 Å². The van der Waals surface area contributed by atoms with Crippen LogP contribution in [0.25, 0.3) is 0 Å². The minimum atomic E-state index is -3.93. The summed E-state index contributed by atoms with van der Waals surface area (Å²) in [7, 11) is -0.788. The Labute approximate surface area is 163 Å². The zero-order valence-electron chi connectivity index (χ0n) is 14.9. The lowest BCUT2D eigenvalue weighted by atomic mass is 10.2. The third kappa shape index (κ3) is 5.78. The Morgan fingerprint density at radius 3 is 2.37 bits per heavy atom. The number of rotatable bonds is 7. The van der Waals surface area contributed by atoms with E-state index in [2.05, 4.69) is 10.0 Å². The Kier molecular flexibility index (Phi) is 6.95. The number of likely N-dealkylation sites (N-methyl/N-ethyl adjacent to an activating group) is 1. The van der Waals surface area contributed by atoms with Crippen LogP contribution in [0.5, 0.6) is 0 Å². The number of nitrogens with one attached hydrogen (secondary N) is 2. The van der Waals surface area contributed by atoms with Crippen LogP contribution in [0.4, 0.5) is 0 Å². The molecule has 2 aromatic rings. The van der Waals surface area contributed by atoms with E-state index >= 15 is 0 Å². The van der Waals surface area contributed by atoms with Crippen LogP contribution in [0.15, 0.2) is 53.4 Å². The van der Waals surface area contributed by atoms with E-state index in [4.69, 9.17) is 11.6 Å². The molecule has 2 N–H and O–H groups in total. The highest BCUT2D eigenvalue weighted by Gasteiger charge is 2.20. The molecule has 2 amide bonds. The second-order valence-electron chi connectivity index (χ2n) is 5.93. The maximum atomic E-state index is 12.6. The van der Waals surface area contributed by atoms with Gasteiger partial charge in [-0.2, -0.15) is 0 Å². The molecule has 0 spiro atoms. The number of hydrogen-bond donors (Lipinski definition) is 2. The number of benzene rings is 2. The summed E-state index contributed by atoms with van der Waals surface area (Å²) in [6.45, 7) is -0.101. The first-order chi connectivity index (χ1) is 12.7.